The minimum Gasteiger partial charge on any atom is -0.480 e. The number of hydrogen-bond acceptors (Lipinski definition) is 3. The van der Waals surface area contributed by atoms with Crippen molar-refractivity contribution < 1.29 is 18.3 Å². The summed E-state index contributed by atoms with van der Waals surface area (Å²) in [6.07, 6.45) is 0. The third-order valence-corrected chi connectivity index (χ3v) is 4.90. The molecule has 0 heterocycles. The molecule has 0 bridgehead atoms. The van der Waals surface area contributed by atoms with Gasteiger partial charge < -0.3 is 5.11 Å². The fourth-order valence-electron chi connectivity index (χ4n) is 1.09. The lowest BCUT2D eigenvalue weighted by Gasteiger charge is -2.08. The van der Waals surface area contributed by atoms with Gasteiger partial charge in [-0.3, -0.25) is 4.79 Å². The van der Waals surface area contributed by atoms with Gasteiger partial charge in [-0.1, -0.05) is 12.1 Å². The van der Waals surface area contributed by atoms with E-state index in [2.05, 4.69) is 22.6 Å². The highest BCUT2D eigenvalue weighted by Gasteiger charge is 2.27. The fraction of sp³-hybridized carbons (Fsp3) is 0.300. The highest BCUT2D eigenvalue weighted by Crippen LogP contribution is 2.13. The molecule has 0 radical (unpaired) electrons. The molecule has 16 heavy (non-hydrogen) atoms. The molecular formula is C10H11IO4S. The Morgan fingerprint density at radius 3 is 2.31 bits per heavy atom. The molecule has 0 saturated carbocycles. The van der Waals surface area contributed by atoms with Crippen LogP contribution in [0.3, 0.4) is 0 Å². The summed E-state index contributed by atoms with van der Waals surface area (Å²) in [5.74, 6) is -1.55. The van der Waals surface area contributed by atoms with E-state index in [4.69, 9.17) is 5.11 Å². The molecular weight excluding hydrogens is 343 g/mol. The van der Waals surface area contributed by atoms with Crippen LogP contribution in [-0.2, 0) is 20.4 Å². The monoisotopic (exact) mass is 354 g/mol. The van der Waals surface area contributed by atoms with E-state index in [0.29, 0.717) is 5.56 Å². The first-order chi connectivity index (χ1) is 7.33. The Kier molecular flexibility index (Phi) is 4.31. The standard InChI is InChI=1S/C10H11IO4S/c1-7(10(12)13)16(14,15)6-8-2-4-9(11)5-3-8/h2-5,7H,6H2,1H3,(H,12,13). The van der Waals surface area contributed by atoms with Crippen molar-refractivity contribution in [2.75, 3.05) is 0 Å². The Hall–Kier alpha value is -0.630. The lowest BCUT2D eigenvalue weighted by Crippen LogP contribution is -2.28. The van der Waals surface area contributed by atoms with Gasteiger partial charge in [0.15, 0.2) is 15.1 Å². The van der Waals surface area contributed by atoms with Crippen molar-refractivity contribution in [3.05, 3.63) is 33.4 Å². The van der Waals surface area contributed by atoms with Crippen LogP contribution < -0.4 is 0 Å². The van der Waals surface area contributed by atoms with Gasteiger partial charge in [0.05, 0.1) is 5.75 Å². The summed E-state index contributed by atoms with van der Waals surface area (Å²) in [5, 5.41) is 7.29. The van der Waals surface area contributed by atoms with Crippen molar-refractivity contribution in [1.82, 2.24) is 0 Å². The number of rotatable bonds is 4. The second-order valence-electron chi connectivity index (χ2n) is 3.41. The molecule has 1 atom stereocenters. The van der Waals surface area contributed by atoms with Crippen molar-refractivity contribution in [3.8, 4) is 0 Å². The van der Waals surface area contributed by atoms with E-state index in [1.165, 1.54) is 6.92 Å². The Morgan fingerprint density at radius 1 is 1.38 bits per heavy atom. The van der Waals surface area contributed by atoms with Crippen LogP contribution in [0.5, 0.6) is 0 Å². The van der Waals surface area contributed by atoms with Crippen LogP contribution in [0.4, 0.5) is 0 Å². The molecule has 0 amide bonds. The van der Waals surface area contributed by atoms with Gasteiger partial charge in [-0.2, -0.15) is 0 Å². The fourth-order valence-corrected chi connectivity index (χ4v) is 2.67. The van der Waals surface area contributed by atoms with Gasteiger partial charge in [-0.05, 0) is 47.2 Å². The zero-order valence-electron chi connectivity index (χ0n) is 8.55. The molecule has 0 aromatic heterocycles. The van der Waals surface area contributed by atoms with Crippen LogP contribution in [0.2, 0.25) is 0 Å². The molecule has 1 rings (SSSR count). The number of carboxylic acids is 1. The van der Waals surface area contributed by atoms with Crippen molar-refractivity contribution in [2.45, 2.75) is 17.9 Å². The number of sulfone groups is 1. The normalized spacial score (nSPS) is 13.4. The summed E-state index contributed by atoms with van der Waals surface area (Å²) in [5.41, 5.74) is 0.605. The molecule has 6 heteroatoms. The Labute approximate surface area is 108 Å². The van der Waals surface area contributed by atoms with Crippen LogP contribution in [0, 0.1) is 3.57 Å². The van der Waals surface area contributed by atoms with E-state index in [9.17, 15) is 13.2 Å². The number of aliphatic carboxylic acids is 1. The lowest BCUT2D eigenvalue weighted by atomic mass is 10.2. The van der Waals surface area contributed by atoms with Gasteiger partial charge in [-0.25, -0.2) is 8.42 Å². The maximum atomic E-state index is 11.6. The van der Waals surface area contributed by atoms with Crippen molar-refractivity contribution in [2.24, 2.45) is 0 Å². The quantitative estimate of drug-likeness (QED) is 0.836. The minimum absolute atomic E-state index is 0.239. The summed E-state index contributed by atoms with van der Waals surface area (Å²) in [6.45, 7) is 1.18. The summed E-state index contributed by atoms with van der Waals surface area (Å²) in [7, 11) is -3.63. The zero-order valence-corrected chi connectivity index (χ0v) is 11.5. The maximum Gasteiger partial charge on any atom is 0.321 e. The van der Waals surface area contributed by atoms with Crippen LogP contribution in [0.25, 0.3) is 0 Å². The molecule has 0 spiro atoms. The summed E-state index contributed by atoms with van der Waals surface area (Å²) in [6, 6.07) is 6.95. The average Bonchev–Trinajstić information content (AvgIpc) is 2.20. The molecule has 0 aliphatic rings. The topological polar surface area (TPSA) is 71.4 Å². The van der Waals surface area contributed by atoms with Gasteiger partial charge in [0.25, 0.3) is 0 Å². The molecule has 1 aromatic rings. The van der Waals surface area contributed by atoms with Crippen LogP contribution >= 0.6 is 22.6 Å². The molecule has 1 aromatic carbocycles. The number of carboxylic acid groups (broad SMARTS) is 1. The Bertz CT molecular complexity index is 478. The Morgan fingerprint density at radius 2 is 1.88 bits per heavy atom. The van der Waals surface area contributed by atoms with Crippen LogP contribution in [-0.4, -0.2) is 24.7 Å². The summed E-state index contributed by atoms with van der Waals surface area (Å²) >= 11 is 2.11. The molecule has 0 aliphatic carbocycles. The van der Waals surface area contributed by atoms with Gasteiger partial charge >= 0.3 is 5.97 Å². The van der Waals surface area contributed by atoms with Gasteiger partial charge in [0, 0.05) is 3.57 Å². The highest BCUT2D eigenvalue weighted by atomic mass is 127. The largest absolute Gasteiger partial charge is 0.480 e. The van der Waals surface area contributed by atoms with E-state index < -0.39 is 21.1 Å². The molecule has 0 saturated heterocycles. The third kappa shape index (κ3) is 3.44. The predicted octanol–water partition coefficient (Wildman–Crippen LogP) is 1.68. The summed E-state index contributed by atoms with van der Waals surface area (Å²) in [4.78, 5) is 10.6. The number of benzene rings is 1. The van der Waals surface area contributed by atoms with Crippen LogP contribution in [0.15, 0.2) is 24.3 Å². The smallest absolute Gasteiger partial charge is 0.321 e. The van der Waals surface area contributed by atoms with Crippen molar-refractivity contribution in [3.63, 3.8) is 0 Å². The molecule has 1 N–H and O–H groups in total. The lowest BCUT2D eigenvalue weighted by molar-refractivity contribution is -0.136. The summed E-state index contributed by atoms with van der Waals surface area (Å²) < 4.78 is 24.3. The number of hydrogen-bond donors (Lipinski definition) is 1. The number of carbonyl (C=O) groups is 1. The first kappa shape index (κ1) is 13.4. The van der Waals surface area contributed by atoms with E-state index in [0.717, 1.165) is 3.57 Å². The van der Waals surface area contributed by atoms with Gasteiger partial charge in [0.1, 0.15) is 0 Å². The van der Waals surface area contributed by atoms with Crippen molar-refractivity contribution in [1.29, 1.82) is 0 Å². The SMILES string of the molecule is CC(C(=O)O)S(=O)(=O)Cc1ccc(I)cc1. The third-order valence-electron chi connectivity index (χ3n) is 2.17. The Balaban J connectivity index is 2.89. The molecule has 4 nitrogen and oxygen atoms in total. The van der Waals surface area contributed by atoms with Gasteiger partial charge in [-0.15, -0.1) is 0 Å². The van der Waals surface area contributed by atoms with E-state index in [1.54, 1.807) is 24.3 Å². The molecule has 0 aliphatic heterocycles. The van der Waals surface area contributed by atoms with E-state index >= 15 is 0 Å². The van der Waals surface area contributed by atoms with Crippen LogP contribution in [0.1, 0.15) is 12.5 Å². The molecule has 1 unspecified atom stereocenters. The second-order valence-corrected chi connectivity index (χ2v) is 6.98. The minimum atomic E-state index is -3.63. The zero-order chi connectivity index (χ0) is 12.3. The predicted molar refractivity (Wildman–Crippen MR) is 68.9 cm³/mol. The number of halogens is 1. The molecule has 88 valence electrons. The molecule has 0 fully saturated rings. The first-order valence-corrected chi connectivity index (χ1v) is 7.31. The van der Waals surface area contributed by atoms with E-state index in [1.807, 2.05) is 0 Å². The van der Waals surface area contributed by atoms with Crippen molar-refractivity contribution >= 4 is 38.4 Å². The maximum absolute atomic E-state index is 11.6. The highest BCUT2D eigenvalue weighted by molar-refractivity contribution is 14.1. The second kappa shape index (κ2) is 5.13. The van der Waals surface area contributed by atoms with E-state index in [-0.39, 0.29) is 5.75 Å². The average molecular weight is 354 g/mol. The first-order valence-electron chi connectivity index (χ1n) is 4.52. The van der Waals surface area contributed by atoms with Gasteiger partial charge in [0.2, 0.25) is 0 Å².